The molecule has 1 atom stereocenters. The maximum Gasteiger partial charge on any atom is 0.134 e. The molecule has 0 radical (unpaired) electrons. The van der Waals surface area contributed by atoms with Gasteiger partial charge in [-0.15, -0.1) is 0 Å². The van der Waals surface area contributed by atoms with E-state index in [-0.39, 0.29) is 6.04 Å². The summed E-state index contributed by atoms with van der Waals surface area (Å²) >= 11 is 0. The molecule has 2 aromatic heterocycles. The summed E-state index contributed by atoms with van der Waals surface area (Å²) in [5.41, 5.74) is 3.39. The minimum Gasteiger partial charge on any atom is -0.465 e. The lowest BCUT2D eigenvalue weighted by atomic mass is 10.1. The quantitative estimate of drug-likeness (QED) is 0.504. The van der Waals surface area contributed by atoms with E-state index >= 15 is 0 Å². The first-order valence-corrected chi connectivity index (χ1v) is 8.06. The number of hydrogen-bond donors (Lipinski definition) is 0. The van der Waals surface area contributed by atoms with Crippen LogP contribution in [0.5, 0.6) is 0 Å². The van der Waals surface area contributed by atoms with E-state index in [0.29, 0.717) is 0 Å². The minimum atomic E-state index is 0.190. The van der Waals surface area contributed by atoms with Crippen LogP contribution in [0, 0.1) is 0 Å². The molecule has 0 saturated heterocycles. The topological polar surface area (TPSA) is 31.0 Å². The molecule has 0 aliphatic carbocycles. The summed E-state index contributed by atoms with van der Waals surface area (Å²) in [6.45, 7) is 2.20. The summed E-state index contributed by atoms with van der Waals surface area (Å²) < 4.78 is 7.66. The van der Waals surface area contributed by atoms with Gasteiger partial charge in [0.1, 0.15) is 11.6 Å². The Morgan fingerprint density at radius 1 is 0.917 bits per heavy atom. The predicted molar refractivity (Wildman–Crippen MR) is 97.6 cm³/mol. The van der Waals surface area contributed by atoms with Crippen LogP contribution in [0.15, 0.2) is 77.4 Å². The summed E-state index contributed by atoms with van der Waals surface area (Å²) in [6.07, 6.45) is 5.64. The molecule has 0 amide bonds. The smallest absolute Gasteiger partial charge is 0.134 e. The van der Waals surface area contributed by atoms with Crippen molar-refractivity contribution in [3.05, 3.63) is 90.1 Å². The first-order valence-electron chi connectivity index (χ1n) is 8.06. The van der Waals surface area contributed by atoms with Gasteiger partial charge >= 0.3 is 0 Å². The van der Waals surface area contributed by atoms with Gasteiger partial charge in [-0.2, -0.15) is 0 Å². The number of hydrogen-bond acceptors (Lipinski definition) is 2. The average molecular weight is 314 g/mol. The van der Waals surface area contributed by atoms with Gasteiger partial charge in [-0.05, 0) is 48.9 Å². The molecule has 2 aromatic carbocycles. The van der Waals surface area contributed by atoms with Crippen molar-refractivity contribution in [3.8, 4) is 0 Å². The molecule has 24 heavy (non-hydrogen) atoms. The Morgan fingerprint density at radius 2 is 1.71 bits per heavy atom. The Balaban J connectivity index is 1.84. The first-order chi connectivity index (χ1) is 11.8. The van der Waals surface area contributed by atoms with Crippen LogP contribution in [0.2, 0.25) is 0 Å². The van der Waals surface area contributed by atoms with E-state index in [0.717, 1.165) is 22.6 Å². The van der Waals surface area contributed by atoms with Crippen LogP contribution in [0.1, 0.15) is 30.1 Å². The van der Waals surface area contributed by atoms with E-state index in [1.165, 1.54) is 5.56 Å². The highest BCUT2D eigenvalue weighted by molar-refractivity contribution is 5.80. The fraction of sp³-hybridized carbons (Fsp3) is 0.0952. The Hall–Kier alpha value is -3.07. The highest BCUT2D eigenvalue weighted by atomic mass is 16.3. The van der Waals surface area contributed by atoms with E-state index in [1.54, 1.807) is 6.26 Å². The van der Waals surface area contributed by atoms with E-state index in [4.69, 9.17) is 9.40 Å². The fourth-order valence-electron chi connectivity index (χ4n) is 3.01. The van der Waals surface area contributed by atoms with Crippen LogP contribution in [0.4, 0.5) is 0 Å². The number of para-hydroxylation sites is 2. The number of furan rings is 1. The second-order valence-electron chi connectivity index (χ2n) is 5.76. The van der Waals surface area contributed by atoms with E-state index in [2.05, 4.69) is 47.9 Å². The van der Waals surface area contributed by atoms with Crippen molar-refractivity contribution in [1.29, 1.82) is 0 Å². The highest BCUT2D eigenvalue weighted by Crippen LogP contribution is 2.27. The number of aromatic nitrogens is 2. The third-order valence-electron chi connectivity index (χ3n) is 4.23. The lowest BCUT2D eigenvalue weighted by Crippen LogP contribution is -2.08. The van der Waals surface area contributed by atoms with Crippen molar-refractivity contribution < 1.29 is 4.42 Å². The fourth-order valence-corrected chi connectivity index (χ4v) is 3.01. The molecule has 3 heteroatoms. The van der Waals surface area contributed by atoms with Crippen LogP contribution < -0.4 is 0 Å². The molecule has 4 aromatic rings. The Kier molecular flexibility index (Phi) is 3.75. The van der Waals surface area contributed by atoms with E-state index in [9.17, 15) is 0 Å². The lowest BCUT2D eigenvalue weighted by molar-refractivity contribution is 0.557. The van der Waals surface area contributed by atoms with Gasteiger partial charge in [0.05, 0.1) is 23.3 Å². The molecule has 2 heterocycles. The van der Waals surface area contributed by atoms with Crippen molar-refractivity contribution in [1.82, 2.24) is 9.55 Å². The summed E-state index contributed by atoms with van der Waals surface area (Å²) in [5, 5.41) is 0. The molecule has 1 unspecified atom stereocenters. The normalized spacial score (nSPS) is 12.9. The molecule has 0 fully saturated rings. The van der Waals surface area contributed by atoms with Gasteiger partial charge in [-0.3, -0.25) is 0 Å². The molecular formula is C21H18N2O. The molecule has 0 saturated carbocycles. The zero-order valence-corrected chi connectivity index (χ0v) is 13.5. The molecule has 0 N–H and O–H groups in total. The Labute approximate surface area is 140 Å². The van der Waals surface area contributed by atoms with Crippen LogP contribution in [-0.2, 0) is 0 Å². The van der Waals surface area contributed by atoms with Crippen molar-refractivity contribution in [2.24, 2.45) is 0 Å². The monoisotopic (exact) mass is 314 g/mol. The van der Waals surface area contributed by atoms with Gasteiger partial charge in [0.15, 0.2) is 0 Å². The maximum atomic E-state index is 5.39. The molecule has 0 bridgehead atoms. The summed E-state index contributed by atoms with van der Waals surface area (Å²) in [5.74, 6) is 1.74. The highest BCUT2D eigenvalue weighted by Gasteiger charge is 2.15. The Bertz CT molecular complexity index is 966. The first kappa shape index (κ1) is 14.5. The van der Waals surface area contributed by atoms with Crippen LogP contribution >= 0.6 is 0 Å². The standard InChI is InChI=1S/C21H18N2O/c1-16(17-8-3-2-4-9-17)23-20-12-6-5-11-19(20)22-21(23)14-13-18-10-7-15-24-18/h2-16H,1H3/b14-13+. The molecule has 3 nitrogen and oxygen atoms in total. The molecule has 0 aliphatic heterocycles. The maximum absolute atomic E-state index is 5.39. The SMILES string of the molecule is CC(c1ccccc1)n1c(/C=C/c2ccco2)nc2ccccc21. The van der Waals surface area contributed by atoms with Gasteiger partial charge in [0.2, 0.25) is 0 Å². The van der Waals surface area contributed by atoms with Crippen LogP contribution in [-0.4, -0.2) is 9.55 Å². The van der Waals surface area contributed by atoms with Crippen LogP contribution in [0.25, 0.3) is 23.2 Å². The van der Waals surface area contributed by atoms with Gasteiger partial charge < -0.3 is 8.98 Å². The van der Waals surface area contributed by atoms with Gasteiger partial charge in [-0.1, -0.05) is 42.5 Å². The number of fused-ring (bicyclic) bond motifs is 1. The molecule has 4 rings (SSSR count). The largest absolute Gasteiger partial charge is 0.465 e. The summed E-state index contributed by atoms with van der Waals surface area (Å²) in [7, 11) is 0. The molecule has 118 valence electrons. The van der Waals surface area contributed by atoms with E-state index < -0.39 is 0 Å². The lowest BCUT2D eigenvalue weighted by Gasteiger charge is -2.17. The third kappa shape index (κ3) is 2.65. The Morgan fingerprint density at radius 3 is 2.50 bits per heavy atom. The molecule has 0 aliphatic rings. The second kappa shape index (κ2) is 6.20. The summed E-state index contributed by atoms with van der Waals surface area (Å²) in [6, 6.07) is 22.7. The van der Waals surface area contributed by atoms with Crippen LogP contribution in [0.3, 0.4) is 0 Å². The predicted octanol–water partition coefficient (Wildman–Crippen LogP) is 5.41. The third-order valence-corrected chi connectivity index (χ3v) is 4.23. The second-order valence-corrected chi connectivity index (χ2v) is 5.76. The number of benzene rings is 2. The van der Waals surface area contributed by atoms with Gasteiger partial charge in [-0.25, -0.2) is 4.98 Å². The number of imidazole rings is 1. The van der Waals surface area contributed by atoms with Crippen molar-refractivity contribution in [3.63, 3.8) is 0 Å². The zero-order valence-electron chi connectivity index (χ0n) is 13.5. The summed E-state index contributed by atoms with van der Waals surface area (Å²) in [4.78, 5) is 4.79. The van der Waals surface area contributed by atoms with Crippen molar-refractivity contribution >= 4 is 23.2 Å². The zero-order chi connectivity index (χ0) is 16.4. The number of nitrogens with zero attached hydrogens (tertiary/aromatic N) is 2. The minimum absolute atomic E-state index is 0.190. The molecule has 0 spiro atoms. The van der Waals surface area contributed by atoms with Gasteiger partial charge in [0, 0.05) is 0 Å². The van der Waals surface area contributed by atoms with Gasteiger partial charge in [0.25, 0.3) is 0 Å². The average Bonchev–Trinajstić information content (AvgIpc) is 3.27. The van der Waals surface area contributed by atoms with E-state index in [1.807, 2.05) is 42.5 Å². The van der Waals surface area contributed by atoms with Crippen molar-refractivity contribution in [2.45, 2.75) is 13.0 Å². The van der Waals surface area contributed by atoms with Crippen molar-refractivity contribution in [2.75, 3.05) is 0 Å². The molecular weight excluding hydrogens is 296 g/mol. The number of rotatable bonds is 4.